The highest BCUT2D eigenvalue weighted by atomic mass is 16.2. The number of fused-ring (bicyclic) bond motifs is 1. The van der Waals surface area contributed by atoms with Crippen molar-refractivity contribution in [1.82, 2.24) is 20.0 Å². The summed E-state index contributed by atoms with van der Waals surface area (Å²) in [5.74, 6) is 1.73. The van der Waals surface area contributed by atoms with Crippen LogP contribution in [0.5, 0.6) is 0 Å². The number of hydrogen-bond donors (Lipinski definition) is 1. The number of aromatic nitrogens is 2. The first-order chi connectivity index (χ1) is 10.8. The SMILES string of the molecule is CC1CCCc2nc(C(=O)NN3CCC(C(C)(C)C)CC3)cn21. The molecule has 0 spiro atoms. The average Bonchev–Trinajstić information content (AvgIpc) is 2.92. The van der Waals surface area contributed by atoms with Crippen molar-refractivity contribution >= 4 is 5.91 Å². The van der Waals surface area contributed by atoms with Gasteiger partial charge in [0.25, 0.3) is 5.91 Å². The highest BCUT2D eigenvalue weighted by molar-refractivity contribution is 5.91. The van der Waals surface area contributed by atoms with Crippen LogP contribution in [0.4, 0.5) is 0 Å². The van der Waals surface area contributed by atoms with Crippen LogP contribution in [0.1, 0.15) is 75.7 Å². The number of nitrogens with one attached hydrogen (secondary N) is 1. The number of hydrazine groups is 1. The summed E-state index contributed by atoms with van der Waals surface area (Å²) in [6.45, 7) is 11.0. The molecule has 1 unspecified atom stereocenters. The second kappa shape index (κ2) is 6.27. The van der Waals surface area contributed by atoms with Crippen LogP contribution in [0.2, 0.25) is 0 Å². The van der Waals surface area contributed by atoms with Gasteiger partial charge in [0.15, 0.2) is 0 Å². The van der Waals surface area contributed by atoms with Crippen molar-refractivity contribution in [2.75, 3.05) is 13.1 Å². The molecule has 1 aromatic heterocycles. The summed E-state index contributed by atoms with van der Waals surface area (Å²) >= 11 is 0. The molecule has 2 aliphatic heterocycles. The monoisotopic (exact) mass is 318 g/mol. The van der Waals surface area contributed by atoms with Crippen LogP contribution in [0.15, 0.2) is 6.20 Å². The molecular weight excluding hydrogens is 288 g/mol. The van der Waals surface area contributed by atoms with Crippen LogP contribution in [-0.4, -0.2) is 33.6 Å². The maximum atomic E-state index is 12.5. The number of amides is 1. The van der Waals surface area contributed by atoms with Gasteiger partial charge in [0.1, 0.15) is 11.5 Å². The largest absolute Gasteiger partial charge is 0.331 e. The molecule has 1 aromatic rings. The summed E-state index contributed by atoms with van der Waals surface area (Å²) in [5.41, 5.74) is 3.97. The van der Waals surface area contributed by atoms with E-state index in [9.17, 15) is 4.79 Å². The number of carbonyl (C=O) groups excluding carboxylic acids is 1. The summed E-state index contributed by atoms with van der Waals surface area (Å²) in [4.78, 5) is 17.0. The van der Waals surface area contributed by atoms with Crippen molar-refractivity contribution in [1.29, 1.82) is 0 Å². The lowest BCUT2D eigenvalue weighted by Gasteiger charge is -2.38. The Morgan fingerprint density at radius 1 is 1.26 bits per heavy atom. The number of rotatable bonds is 2. The fourth-order valence-corrected chi connectivity index (χ4v) is 3.86. The predicted molar refractivity (Wildman–Crippen MR) is 91.1 cm³/mol. The lowest BCUT2D eigenvalue weighted by atomic mass is 9.75. The van der Waals surface area contributed by atoms with Gasteiger partial charge in [0.05, 0.1) is 0 Å². The topological polar surface area (TPSA) is 50.2 Å². The van der Waals surface area contributed by atoms with Crippen LogP contribution in [-0.2, 0) is 6.42 Å². The molecule has 1 atom stereocenters. The molecule has 5 heteroatoms. The Morgan fingerprint density at radius 3 is 2.57 bits per heavy atom. The van der Waals surface area contributed by atoms with Gasteiger partial charge in [-0.05, 0) is 43.9 Å². The van der Waals surface area contributed by atoms with Gasteiger partial charge in [-0.3, -0.25) is 10.2 Å². The summed E-state index contributed by atoms with van der Waals surface area (Å²) in [7, 11) is 0. The number of nitrogens with zero attached hydrogens (tertiary/aromatic N) is 3. The van der Waals surface area contributed by atoms with Gasteiger partial charge < -0.3 is 4.57 Å². The molecule has 0 bridgehead atoms. The normalized spacial score (nSPS) is 23.6. The lowest BCUT2D eigenvalue weighted by Crippen LogP contribution is -2.48. The minimum absolute atomic E-state index is 0.0618. The zero-order valence-corrected chi connectivity index (χ0v) is 14.9. The van der Waals surface area contributed by atoms with Crippen LogP contribution >= 0.6 is 0 Å². The Balaban J connectivity index is 1.58. The molecule has 1 fully saturated rings. The Morgan fingerprint density at radius 2 is 1.96 bits per heavy atom. The summed E-state index contributed by atoms with van der Waals surface area (Å²) < 4.78 is 2.17. The van der Waals surface area contributed by atoms with E-state index in [1.807, 2.05) is 6.20 Å². The second-order valence-electron chi connectivity index (χ2n) is 8.26. The number of piperidine rings is 1. The van der Waals surface area contributed by atoms with Crippen LogP contribution in [0, 0.1) is 11.3 Å². The molecule has 3 heterocycles. The number of carbonyl (C=O) groups is 1. The van der Waals surface area contributed by atoms with Crippen molar-refractivity contribution in [2.45, 2.75) is 65.8 Å². The van der Waals surface area contributed by atoms with Crippen molar-refractivity contribution in [3.63, 3.8) is 0 Å². The molecular formula is C18H30N4O. The highest BCUT2D eigenvalue weighted by Gasteiger charge is 2.30. The maximum Gasteiger partial charge on any atom is 0.285 e. The third kappa shape index (κ3) is 3.60. The van der Waals surface area contributed by atoms with E-state index in [4.69, 9.17) is 0 Å². The zero-order chi connectivity index (χ0) is 16.6. The fraction of sp³-hybridized carbons (Fsp3) is 0.778. The zero-order valence-electron chi connectivity index (χ0n) is 14.9. The van der Waals surface area contributed by atoms with Crippen molar-refractivity contribution in [3.05, 3.63) is 17.7 Å². The number of imidazole rings is 1. The van der Waals surface area contributed by atoms with E-state index in [1.54, 1.807) is 0 Å². The Kier molecular flexibility index (Phi) is 4.50. The van der Waals surface area contributed by atoms with Gasteiger partial charge in [0.2, 0.25) is 0 Å². The highest BCUT2D eigenvalue weighted by Crippen LogP contribution is 2.33. The van der Waals surface area contributed by atoms with E-state index in [0.29, 0.717) is 17.2 Å². The average molecular weight is 318 g/mol. The molecule has 1 N–H and O–H groups in total. The van der Waals surface area contributed by atoms with Gasteiger partial charge in [-0.1, -0.05) is 20.8 Å². The van der Waals surface area contributed by atoms with Gasteiger partial charge >= 0.3 is 0 Å². The summed E-state index contributed by atoms with van der Waals surface area (Å²) in [6.07, 6.45) is 7.52. The van der Waals surface area contributed by atoms with Gasteiger partial charge in [-0.15, -0.1) is 0 Å². The smallest absolute Gasteiger partial charge is 0.285 e. The Labute approximate surface area is 139 Å². The lowest BCUT2D eigenvalue weighted by molar-refractivity contribution is 0.0572. The third-order valence-electron chi connectivity index (χ3n) is 5.52. The Bertz CT molecular complexity index is 564. The van der Waals surface area contributed by atoms with Gasteiger partial charge in [-0.25, -0.2) is 9.99 Å². The van der Waals surface area contributed by atoms with E-state index in [0.717, 1.165) is 44.1 Å². The van der Waals surface area contributed by atoms with Crippen LogP contribution in [0.3, 0.4) is 0 Å². The van der Waals surface area contributed by atoms with E-state index in [-0.39, 0.29) is 5.91 Å². The number of hydrogen-bond acceptors (Lipinski definition) is 3. The summed E-state index contributed by atoms with van der Waals surface area (Å²) in [5, 5.41) is 2.06. The van der Waals surface area contributed by atoms with E-state index in [2.05, 4.69) is 47.7 Å². The molecule has 5 nitrogen and oxygen atoms in total. The number of aryl methyl sites for hydroxylation is 1. The minimum atomic E-state index is -0.0618. The maximum absolute atomic E-state index is 12.5. The quantitative estimate of drug-likeness (QED) is 0.911. The standard InChI is InChI=1S/C18H30N4O/c1-13-6-5-7-16-19-15(12-22(13)16)17(23)20-21-10-8-14(9-11-21)18(2,3)4/h12-14H,5-11H2,1-4H3,(H,20,23). The molecule has 1 amide bonds. The van der Waals surface area contributed by atoms with Crippen LogP contribution in [0.25, 0.3) is 0 Å². The molecule has 1 saturated heterocycles. The molecule has 0 aromatic carbocycles. The third-order valence-corrected chi connectivity index (χ3v) is 5.52. The van der Waals surface area contributed by atoms with Crippen LogP contribution < -0.4 is 5.43 Å². The van der Waals surface area contributed by atoms with E-state index in [1.165, 1.54) is 12.8 Å². The van der Waals surface area contributed by atoms with E-state index < -0.39 is 0 Å². The fourth-order valence-electron chi connectivity index (χ4n) is 3.86. The van der Waals surface area contributed by atoms with Crippen molar-refractivity contribution in [3.8, 4) is 0 Å². The predicted octanol–water partition coefficient (Wildman–Crippen LogP) is 3.18. The van der Waals surface area contributed by atoms with E-state index >= 15 is 0 Å². The van der Waals surface area contributed by atoms with Crippen molar-refractivity contribution < 1.29 is 4.79 Å². The first-order valence-corrected chi connectivity index (χ1v) is 8.98. The molecule has 128 valence electrons. The summed E-state index contributed by atoms with van der Waals surface area (Å²) in [6, 6.07) is 0.454. The molecule has 23 heavy (non-hydrogen) atoms. The second-order valence-corrected chi connectivity index (χ2v) is 8.26. The first kappa shape index (κ1) is 16.5. The minimum Gasteiger partial charge on any atom is -0.331 e. The van der Waals surface area contributed by atoms with Crippen molar-refractivity contribution in [2.24, 2.45) is 11.3 Å². The molecule has 3 rings (SSSR count). The van der Waals surface area contributed by atoms with Gasteiger partial charge in [0, 0.05) is 31.7 Å². The van der Waals surface area contributed by atoms with Gasteiger partial charge in [-0.2, -0.15) is 0 Å². The molecule has 2 aliphatic rings. The first-order valence-electron chi connectivity index (χ1n) is 8.98. The molecule has 0 radical (unpaired) electrons. The molecule has 0 aliphatic carbocycles. The Hall–Kier alpha value is -1.36. The molecule has 0 saturated carbocycles.